The van der Waals surface area contributed by atoms with Gasteiger partial charge in [-0.2, -0.15) is 0 Å². The first kappa shape index (κ1) is 13.0. The maximum atomic E-state index is 12.5. The first-order valence-electron chi connectivity index (χ1n) is 6.90. The zero-order valence-electron chi connectivity index (χ0n) is 11.8. The van der Waals surface area contributed by atoms with Crippen molar-refractivity contribution in [3.8, 4) is 0 Å². The smallest absolute Gasteiger partial charge is 0.319 e. The summed E-state index contributed by atoms with van der Waals surface area (Å²) in [5.74, 6) is 0.362. The topological polar surface area (TPSA) is 43.9 Å². The van der Waals surface area contributed by atoms with Crippen molar-refractivity contribution in [2.24, 2.45) is 11.8 Å². The molecule has 1 aromatic rings. The fraction of sp³-hybridized carbons (Fsp3) is 0.467. The van der Waals surface area contributed by atoms with Crippen LogP contribution in [0.5, 0.6) is 0 Å². The van der Waals surface area contributed by atoms with E-state index in [-0.39, 0.29) is 23.8 Å². The van der Waals surface area contributed by atoms with Crippen LogP contribution in [-0.2, 0) is 4.79 Å². The number of carbonyl (C=O) groups excluding carboxylic acids is 2. The third-order valence-electron chi connectivity index (χ3n) is 4.16. The molecule has 3 amide bonds. The predicted molar refractivity (Wildman–Crippen MR) is 76.4 cm³/mol. The largest absolute Gasteiger partial charge is 0.331 e. The molecule has 2 atom stereocenters. The van der Waals surface area contributed by atoms with Crippen LogP contribution in [0, 0.1) is 11.8 Å². The number of anilines is 1. The van der Waals surface area contributed by atoms with Gasteiger partial charge in [-0.25, -0.2) is 4.79 Å². The highest BCUT2D eigenvalue weighted by atomic mass is 16.2. The summed E-state index contributed by atoms with van der Waals surface area (Å²) in [5.41, 5.74) is 0.956. The molecule has 5 heteroatoms. The van der Waals surface area contributed by atoms with Gasteiger partial charge in [0.05, 0.1) is 5.92 Å². The van der Waals surface area contributed by atoms with Crippen molar-refractivity contribution in [3.05, 3.63) is 30.3 Å². The number of carbonyl (C=O) groups is 2. The number of hydrogen-bond donors (Lipinski definition) is 0. The molecule has 2 aliphatic heterocycles. The lowest BCUT2D eigenvalue weighted by molar-refractivity contribution is -0.120. The van der Waals surface area contributed by atoms with Gasteiger partial charge in [0.25, 0.3) is 0 Å². The third kappa shape index (κ3) is 2.03. The molecule has 3 rings (SSSR count). The molecule has 20 heavy (non-hydrogen) atoms. The van der Waals surface area contributed by atoms with E-state index in [0.29, 0.717) is 19.6 Å². The molecule has 0 aromatic heterocycles. The van der Waals surface area contributed by atoms with E-state index in [4.69, 9.17) is 0 Å². The number of fused-ring (bicyclic) bond motifs is 1. The minimum atomic E-state index is -0.0425. The SMILES string of the molecule is CN(C)C(=O)N1C[C@H]2CN(c3ccccc3)C(=O)[C@H]2C1. The zero-order chi connectivity index (χ0) is 14.3. The molecule has 0 aliphatic carbocycles. The molecule has 5 nitrogen and oxygen atoms in total. The van der Waals surface area contributed by atoms with E-state index < -0.39 is 0 Å². The second-order valence-electron chi connectivity index (χ2n) is 5.73. The van der Waals surface area contributed by atoms with Crippen molar-refractivity contribution in [2.75, 3.05) is 38.6 Å². The maximum absolute atomic E-state index is 12.5. The Morgan fingerprint density at radius 1 is 1.15 bits per heavy atom. The number of hydrogen-bond acceptors (Lipinski definition) is 2. The molecule has 0 bridgehead atoms. The van der Waals surface area contributed by atoms with Gasteiger partial charge in [0.1, 0.15) is 0 Å². The van der Waals surface area contributed by atoms with E-state index in [2.05, 4.69) is 0 Å². The minimum Gasteiger partial charge on any atom is -0.331 e. The van der Waals surface area contributed by atoms with Crippen molar-refractivity contribution in [3.63, 3.8) is 0 Å². The first-order valence-corrected chi connectivity index (χ1v) is 6.90. The quantitative estimate of drug-likeness (QED) is 0.773. The standard InChI is InChI=1S/C15H19N3O2/c1-16(2)15(20)17-8-11-9-18(14(19)13(11)10-17)12-6-4-3-5-7-12/h3-7,11,13H,8-10H2,1-2H3/t11-,13-/m0/s1. The zero-order valence-corrected chi connectivity index (χ0v) is 11.8. The van der Waals surface area contributed by atoms with Gasteiger partial charge in [-0.15, -0.1) is 0 Å². The number of para-hydroxylation sites is 1. The average Bonchev–Trinajstić information content (AvgIpc) is 2.99. The van der Waals surface area contributed by atoms with Crippen LogP contribution < -0.4 is 4.90 Å². The van der Waals surface area contributed by atoms with Gasteiger partial charge < -0.3 is 14.7 Å². The Balaban J connectivity index is 1.73. The summed E-state index contributed by atoms with van der Waals surface area (Å²) in [5, 5.41) is 0. The molecule has 0 spiro atoms. The van der Waals surface area contributed by atoms with Crippen LogP contribution in [0.15, 0.2) is 30.3 Å². The van der Waals surface area contributed by atoms with Gasteiger partial charge in [-0.05, 0) is 12.1 Å². The summed E-state index contributed by atoms with van der Waals surface area (Å²) in [6.07, 6.45) is 0. The van der Waals surface area contributed by atoms with Crippen LogP contribution >= 0.6 is 0 Å². The number of urea groups is 1. The summed E-state index contributed by atoms with van der Waals surface area (Å²) in [7, 11) is 3.49. The highest BCUT2D eigenvalue weighted by Gasteiger charge is 2.47. The summed E-state index contributed by atoms with van der Waals surface area (Å²) in [6.45, 7) is 1.94. The summed E-state index contributed by atoms with van der Waals surface area (Å²) in [6, 6.07) is 9.75. The van der Waals surface area contributed by atoms with Gasteiger partial charge in [-0.3, -0.25) is 4.79 Å². The fourth-order valence-electron chi connectivity index (χ4n) is 3.14. The van der Waals surface area contributed by atoms with E-state index in [0.717, 1.165) is 5.69 Å². The number of benzene rings is 1. The van der Waals surface area contributed by atoms with Crippen molar-refractivity contribution < 1.29 is 9.59 Å². The number of likely N-dealkylation sites (tertiary alicyclic amines) is 1. The highest BCUT2D eigenvalue weighted by molar-refractivity contribution is 5.98. The minimum absolute atomic E-state index is 0.00142. The van der Waals surface area contributed by atoms with Gasteiger partial charge in [0, 0.05) is 45.3 Å². The first-order chi connectivity index (χ1) is 9.58. The van der Waals surface area contributed by atoms with Gasteiger partial charge in [0.2, 0.25) is 5.91 Å². The Bertz CT molecular complexity index is 529. The lowest BCUT2D eigenvalue weighted by Crippen LogP contribution is -2.40. The van der Waals surface area contributed by atoms with Crippen LogP contribution in [0.25, 0.3) is 0 Å². The van der Waals surface area contributed by atoms with Crippen LogP contribution in [0.4, 0.5) is 10.5 Å². The molecule has 0 saturated carbocycles. The van der Waals surface area contributed by atoms with Crippen LogP contribution in [0.2, 0.25) is 0 Å². The molecule has 0 radical (unpaired) electrons. The van der Waals surface area contributed by atoms with Crippen molar-refractivity contribution in [2.45, 2.75) is 0 Å². The molecule has 2 fully saturated rings. The van der Waals surface area contributed by atoms with E-state index in [1.165, 1.54) is 0 Å². The second-order valence-corrected chi connectivity index (χ2v) is 5.73. The Kier molecular flexibility index (Phi) is 3.12. The lowest BCUT2D eigenvalue weighted by Gasteiger charge is -2.24. The van der Waals surface area contributed by atoms with E-state index >= 15 is 0 Å². The van der Waals surface area contributed by atoms with Gasteiger partial charge >= 0.3 is 6.03 Å². The molecule has 0 N–H and O–H groups in total. The van der Waals surface area contributed by atoms with Crippen LogP contribution in [0.1, 0.15) is 0 Å². The molecule has 2 aliphatic rings. The fourth-order valence-corrected chi connectivity index (χ4v) is 3.14. The summed E-state index contributed by atoms with van der Waals surface area (Å²) < 4.78 is 0. The monoisotopic (exact) mass is 273 g/mol. The van der Waals surface area contributed by atoms with Gasteiger partial charge in [0.15, 0.2) is 0 Å². The highest BCUT2D eigenvalue weighted by Crippen LogP contribution is 2.35. The summed E-state index contributed by atoms with van der Waals surface area (Å²) >= 11 is 0. The van der Waals surface area contributed by atoms with E-state index in [9.17, 15) is 9.59 Å². The number of amides is 3. The van der Waals surface area contributed by atoms with Crippen LogP contribution in [0.3, 0.4) is 0 Å². The van der Waals surface area contributed by atoms with Crippen molar-refractivity contribution >= 4 is 17.6 Å². The Morgan fingerprint density at radius 3 is 2.45 bits per heavy atom. The van der Waals surface area contributed by atoms with E-state index in [1.807, 2.05) is 35.2 Å². The maximum Gasteiger partial charge on any atom is 0.319 e. The molecule has 1 aromatic carbocycles. The Hall–Kier alpha value is -2.04. The van der Waals surface area contributed by atoms with Crippen LogP contribution in [-0.4, -0.2) is 55.5 Å². The van der Waals surface area contributed by atoms with Crippen molar-refractivity contribution in [1.29, 1.82) is 0 Å². The molecule has 2 saturated heterocycles. The average molecular weight is 273 g/mol. The predicted octanol–water partition coefficient (Wildman–Crippen LogP) is 1.26. The molecular weight excluding hydrogens is 254 g/mol. The molecule has 2 heterocycles. The number of nitrogens with zero attached hydrogens (tertiary/aromatic N) is 3. The molecule has 106 valence electrons. The molecule has 0 unspecified atom stereocenters. The Morgan fingerprint density at radius 2 is 1.85 bits per heavy atom. The normalized spacial score (nSPS) is 25.0. The second kappa shape index (κ2) is 4.81. The molecular formula is C15H19N3O2. The van der Waals surface area contributed by atoms with Crippen molar-refractivity contribution in [1.82, 2.24) is 9.80 Å². The Labute approximate surface area is 118 Å². The van der Waals surface area contributed by atoms with E-state index in [1.54, 1.807) is 23.9 Å². The lowest BCUT2D eigenvalue weighted by atomic mass is 10.0. The number of rotatable bonds is 1. The van der Waals surface area contributed by atoms with Gasteiger partial charge in [-0.1, -0.05) is 18.2 Å². The summed E-state index contributed by atoms with van der Waals surface area (Å²) in [4.78, 5) is 29.7. The third-order valence-corrected chi connectivity index (χ3v) is 4.16.